The minimum absolute atomic E-state index is 0.144. The van der Waals surface area contributed by atoms with E-state index < -0.39 is 0 Å². The fraction of sp³-hybridized carbons (Fsp3) is 0.105. The normalized spacial score (nSPS) is 13.5. The molecule has 3 nitrogen and oxygen atoms in total. The lowest BCUT2D eigenvalue weighted by atomic mass is 10.0. The first-order chi connectivity index (χ1) is 12.5. The summed E-state index contributed by atoms with van der Waals surface area (Å²) in [5, 5.41) is 6.45. The van der Waals surface area contributed by atoms with E-state index >= 15 is 0 Å². The number of anilines is 1. The number of guanidine groups is 1. The van der Waals surface area contributed by atoms with Gasteiger partial charge in [0.15, 0.2) is 5.96 Å². The van der Waals surface area contributed by atoms with Crippen LogP contribution in [-0.2, 0) is 12.8 Å². The molecular weight excluding hydrogens is 412 g/mol. The molecule has 0 amide bonds. The molecule has 1 aliphatic rings. The number of halogens is 4. The van der Waals surface area contributed by atoms with E-state index in [-0.39, 0.29) is 31.7 Å². The molecule has 0 aromatic heterocycles. The number of benzene rings is 3. The topological polar surface area (TPSA) is 50.4 Å². The third kappa shape index (κ3) is 2.99. The summed E-state index contributed by atoms with van der Waals surface area (Å²) in [6, 6.07) is 11.9. The number of nitrogens with zero attached hydrogens (tertiary/aromatic N) is 1. The number of aliphatic imine (C=N–C) groups is 1. The predicted molar refractivity (Wildman–Crippen MR) is 113 cm³/mol. The molecule has 26 heavy (non-hydrogen) atoms. The summed E-state index contributed by atoms with van der Waals surface area (Å²) in [5.41, 5.74) is 9.90. The summed E-state index contributed by atoms with van der Waals surface area (Å²) in [6.07, 6.45) is 2.12. The lowest BCUT2D eigenvalue weighted by Crippen LogP contribution is -2.22. The van der Waals surface area contributed by atoms with E-state index in [1.54, 1.807) is 0 Å². The molecule has 0 saturated carbocycles. The average molecular weight is 425 g/mol. The fourth-order valence-corrected chi connectivity index (χ4v) is 4.18. The van der Waals surface area contributed by atoms with Gasteiger partial charge in [-0.1, -0.05) is 70.7 Å². The smallest absolute Gasteiger partial charge is 0.198 e. The van der Waals surface area contributed by atoms with E-state index in [2.05, 4.69) is 34.6 Å². The summed E-state index contributed by atoms with van der Waals surface area (Å²) < 4.78 is 0. The van der Waals surface area contributed by atoms with Crippen molar-refractivity contribution in [3.63, 3.8) is 0 Å². The van der Waals surface area contributed by atoms with Crippen molar-refractivity contribution >= 4 is 74.5 Å². The van der Waals surface area contributed by atoms with Crippen molar-refractivity contribution in [3.05, 3.63) is 67.6 Å². The largest absolute Gasteiger partial charge is 0.369 e. The van der Waals surface area contributed by atoms with E-state index in [0.717, 1.165) is 23.9 Å². The first kappa shape index (κ1) is 17.7. The Bertz CT molecular complexity index is 1040. The van der Waals surface area contributed by atoms with Gasteiger partial charge >= 0.3 is 0 Å². The Morgan fingerprint density at radius 1 is 0.923 bits per heavy atom. The van der Waals surface area contributed by atoms with Gasteiger partial charge in [-0.3, -0.25) is 0 Å². The van der Waals surface area contributed by atoms with Crippen LogP contribution in [0.2, 0.25) is 20.1 Å². The van der Waals surface area contributed by atoms with Gasteiger partial charge in [0.05, 0.1) is 20.1 Å². The summed E-state index contributed by atoms with van der Waals surface area (Å²) in [5.74, 6) is 0.144. The van der Waals surface area contributed by atoms with Crippen molar-refractivity contribution in [2.45, 2.75) is 12.8 Å². The van der Waals surface area contributed by atoms with E-state index in [0.29, 0.717) is 0 Å². The fourth-order valence-electron chi connectivity index (χ4n) is 3.30. The van der Waals surface area contributed by atoms with Crippen LogP contribution in [0.3, 0.4) is 0 Å². The molecule has 0 saturated heterocycles. The minimum atomic E-state index is 0.144. The molecule has 0 fully saturated rings. The number of rotatable bonds is 2. The predicted octanol–water partition coefficient (Wildman–Crippen LogP) is 6.61. The maximum absolute atomic E-state index is 6.20. The van der Waals surface area contributed by atoms with Crippen LogP contribution in [-0.4, -0.2) is 5.96 Å². The van der Waals surface area contributed by atoms with Crippen LogP contribution in [0.4, 0.5) is 11.4 Å². The van der Waals surface area contributed by atoms with Gasteiger partial charge < -0.3 is 11.1 Å². The highest BCUT2D eigenvalue weighted by molar-refractivity contribution is 6.50. The summed E-state index contributed by atoms with van der Waals surface area (Å²) in [6.45, 7) is 0. The van der Waals surface area contributed by atoms with Gasteiger partial charge in [-0.05, 0) is 41.5 Å². The van der Waals surface area contributed by atoms with Crippen molar-refractivity contribution in [2.24, 2.45) is 10.7 Å². The number of hydrogen-bond acceptors (Lipinski definition) is 1. The van der Waals surface area contributed by atoms with Crippen LogP contribution < -0.4 is 11.1 Å². The second kappa shape index (κ2) is 6.82. The minimum Gasteiger partial charge on any atom is -0.369 e. The Labute approximate surface area is 170 Å². The van der Waals surface area contributed by atoms with E-state index in [1.165, 1.54) is 22.6 Å². The maximum atomic E-state index is 6.20. The van der Waals surface area contributed by atoms with E-state index in [9.17, 15) is 0 Å². The third-order valence-corrected chi connectivity index (χ3v) is 6.02. The molecule has 0 spiro atoms. The van der Waals surface area contributed by atoms with Gasteiger partial charge in [-0.2, -0.15) is 0 Å². The molecule has 3 aromatic carbocycles. The van der Waals surface area contributed by atoms with Gasteiger partial charge in [0.1, 0.15) is 5.69 Å². The highest BCUT2D eigenvalue weighted by Crippen LogP contribution is 2.43. The van der Waals surface area contributed by atoms with Crippen LogP contribution in [0, 0.1) is 0 Å². The Morgan fingerprint density at radius 3 is 2.27 bits per heavy atom. The van der Waals surface area contributed by atoms with E-state index in [1.807, 2.05) is 6.07 Å². The molecule has 0 radical (unpaired) electrons. The molecule has 7 heteroatoms. The van der Waals surface area contributed by atoms with Crippen LogP contribution >= 0.6 is 46.4 Å². The van der Waals surface area contributed by atoms with Gasteiger partial charge in [0.2, 0.25) is 0 Å². The Balaban J connectivity index is 1.76. The molecule has 0 atom stereocenters. The number of hydrogen-bond donors (Lipinski definition) is 2. The molecular formula is C19H13Cl4N3. The number of aryl methyl sites for hydroxylation is 2. The molecule has 3 N–H and O–H groups in total. The number of nitrogens with one attached hydrogen (secondary N) is 1. The second-order valence-corrected chi connectivity index (χ2v) is 7.62. The molecule has 0 heterocycles. The first-order valence-corrected chi connectivity index (χ1v) is 9.44. The Morgan fingerprint density at radius 2 is 1.58 bits per heavy atom. The lowest BCUT2D eigenvalue weighted by molar-refractivity contribution is 1.02. The zero-order chi connectivity index (χ0) is 18.4. The lowest BCUT2D eigenvalue weighted by Gasteiger charge is -2.12. The zero-order valence-corrected chi connectivity index (χ0v) is 16.4. The van der Waals surface area contributed by atoms with Gasteiger partial charge in [0, 0.05) is 11.1 Å². The number of nitrogens with two attached hydrogens (primary N) is 1. The highest BCUT2D eigenvalue weighted by atomic mass is 35.5. The van der Waals surface area contributed by atoms with Gasteiger partial charge in [0.25, 0.3) is 0 Å². The molecule has 4 rings (SSSR count). The second-order valence-electron chi connectivity index (χ2n) is 6.05. The molecule has 1 aliphatic carbocycles. The SMILES string of the molecule is NC(=Nc1c(Cl)c(Cl)cc(Cl)c1Cl)Nc1ccc2c3c(cccc13)CC2. The van der Waals surface area contributed by atoms with Crippen molar-refractivity contribution < 1.29 is 0 Å². The van der Waals surface area contributed by atoms with Crippen molar-refractivity contribution in [1.82, 2.24) is 0 Å². The van der Waals surface area contributed by atoms with Crippen LogP contribution in [0.1, 0.15) is 11.1 Å². The van der Waals surface area contributed by atoms with Crippen LogP contribution in [0.25, 0.3) is 10.8 Å². The maximum Gasteiger partial charge on any atom is 0.198 e. The van der Waals surface area contributed by atoms with Crippen LogP contribution in [0.5, 0.6) is 0 Å². The average Bonchev–Trinajstić information content (AvgIpc) is 3.04. The first-order valence-electron chi connectivity index (χ1n) is 7.93. The summed E-state index contributed by atoms with van der Waals surface area (Å²) >= 11 is 24.5. The standard InChI is InChI=1S/C19H13Cl4N3/c20-12-8-13(21)17(23)18(16(12)22)26-19(24)25-14-7-6-10-5-4-9-2-1-3-11(14)15(9)10/h1-3,6-8H,4-5H2,(H3,24,25,26). The van der Waals surface area contributed by atoms with Crippen LogP contribution in [0.15, 0.2) is 41.4 Å². The quantitative estimate of drug-likeness (QED) is 0.276. The molecule has 3 aromatic rings. The zero-order valence-electron chi connectivity index (χ0n) is 13.4. The van der Waals surface area contributed by atoms with Gasteiger partial charge in [-0.15, -0.1) is 0 Å². The van der Waals surface area contributed by atoms with Crippen molar-refractivity contribution in [2.75, 3.05) is 5.32 Å². The Kier molecular flexibility index (Phi) is 4.66. The molecule has 0 unspecified atom stereocenters. The van der Waals surface area contributed by atoms with E-state index in [4.69, 9.17) is 52.1 Å². The van der Waals surface area contributed by atoms with Crippen molar-refractivity contribution in [1.29, 1.82) is 0 Å². The summed E-state index contributed by atoms with van der Waals surface area (Å²) in [7, 11) is 0. The molecule has 132 valence electrons. The van der Waals surface area contributed by atoms with Gasteiger partial charge in [-0.25, -0.2) is 4.99 Å². The third-order valence-electron chi connectivity index (χ3n) is 4.46. The summed E-state index contributed by atoms with van der Waals surface area (Å²) in [4.78, 5) is 4.29. The Hall–Kier alpha value is -1.65. The molecule has 0 bridgehead atoms. The highest BCUT2D eigenvalue weighted by Gasteiger charge is 2.17. The molecule has 0 aliphatic heterocycles. The van der Waals surface area contributed by atoms with Crippen molar-refractivity contribution in [3.8, 4) is 0 Å². The monoisotopic (exact) mass is 423 g/mol.